The van der Waals surface area contributed by atoms with Crippen molar-refractivity contribution in [3.05, 3.63) is 66.8 Å². The minimum atomic E-state index is -0.167. The van der Waals surface area contributed by atoms with Gasteiger partial charge in [0, 0.05) is 41.9 Å². The third-order valence-electron chi connectivity index (χ3n) is 8.80. The Morgan fingerprint density at radius 2 is 0.810 bits per heavy atom. The van der Waals surface area contributed by atoms with E-state index in [1.807, 2.05) is 63.4 Å². The SMILES string of the molecule is BNC(=O)c1c(C)c(C)c(C(=O)N(B)CCN(B)C(=O)c2c(C)c(C)c(C(=O)N(B)CC(C)C)c(C)c2C)c(C)c1C. The third-order valence-corrected chi connectivity index (χ3v) is 8.80. The molecule has 0 aliphatic rings. The van der Waals surface area contributed by atoms with Crippen LogP contribution in [0, 0.1) is 61.3 Å². The van der Waals surface area contributed by atoms with Gasteiger partial charge in [0.1, 0.15) is 0 Å². The van der Waals surface area contributed by atoms with Crippen molar-refractivity contribution >= 4 is 55.6 Å². The number of carbonyl (C=O) groups is 4. The fraction of sp³-hybridized carbons (Fsp3) is 0.467. The van der Waals surface area contributed by atoms with E-state index in [-0.39, 0.29) is 23.6 Å². The first kappa shape index (κ1) is 34.8. The van der Waals surface area contributed by atoms with E-state index >= 15 is 0 Å². The van der Waals surface area contributed by atoms with Gasteiger partial charge >= 0.3 is 0 Å². The number of rotatable bonds is 9. The van der Waals surface area contributed by atoms with Crippen LogP contribution in [0.5, 0.6) is 0 Å². The maximum atomic E-state index is 13.7. The van der Waals surface area contributed by atoms with E-state index in [0.717, 1.165) is 44.5 Å². The molecule has 8 nitrogen and oxygen atoms in total. The Morgan fingerprint density at radius 3 is 1.07 bits per heavy atom. The van der Waals surface area contributed by atoms with Gasteiger partial charge in [-0.05, 0) is 106 Å². The van der Waals surface area contributed by atoms with Gasteiger partial charge in [0.25, 0.3) is 0 Å². The summed E-state index contributed by atoms with van der Waals surface area (Å²) >= 11 is 0. The highest BCUT2D eigenvalue weighted by Crippen LogP contribution is 2.30. The minimum absolute atomic E-state index is 0.0307. The van der Waals surface area contributed by atoms with Crippen LogP contribution in [0.3, 0.4) is 0 Å². The summed E-state index contributed by atoms with van der Waals surface area (Å²) in [7, 11) is 6.89. The van der Waals surface area contributed by atoms with Crippen LogP contribution < -0.4 is 5.23 Å². The number of amides is 4. The molecule has 0 unspecified atom stereocenters. The highest BCUT2D eigenvalue weighted by atomic mass is 16.2. The smallest absolute Gasteiger partial charge is 0.241 e. The van der Waals surface area contributed by atoms with Crippen LogP contribution in [0.4, 0.5) is 0 Å². The van der Waals surface area contributed by atoms with E-state index < -0.39 is 0 Å². The topological polar surface area (TPSA) is 90.0 Å². The molecular formula is C30H46B4N4O4. The molecule has 2 rings (SSSR count). The van der Waals surface area contributed by atoms with Crippen molar-refractivity contribution in [3.63, 3.8) is 0 Å². The zero-order valence-electron chi connectivity index (χ0n) is 28.2. The van der Waals surface area contributed by atoms with Crippen LogP contribution >= 0.6 is 0 Å². The molecule has 0 aromatic heterocycles. The Morgan fingerprint density at radius 1 is 0.548 bits per heavy atom. The van der Waals surface area contributed by atoms with Crippen molar-refractivity contribution in [3.8, 4) is 0 Å². The summed E-state index contributed by atoms with van der Waals surface area (Å²) in [5, 5.41) is 2.69. The quantitative estimate of drug-likeness (QED) is 0.452. The van der Waals surface area contributed by atoms with E-state index in [1.165, 1.54) is 0 Å². The lowest BCUT2D eigenvalue weighted by molar-refractivity contribution is 0.0809. The highest BCUT2D eigenvalue weighted by molar-refractivity contribution is 6.22. The molecule has 1 N–H and O–H groups in total. The summed E-state index contributed by atoms with van der Waals surface area (Å²) in [6.07, 6.45) is 0. The molecule has 0 spiro atoms. The maximum Gasteiger partial charge on any atom is 0.241 e. The van der Waals surface area contributed by atoms with Gasteiger partial charge in [-0.3, -0.25) is 19.2 Å². The van der Waals surface area contributed by atoms with Crippen molar-refractivity contribution < 1.29 is 19.2 Å². The molecule has 0 fully saturated rings. The third kappa shape index (κ3) is 6.63. The number of carbonyl (C=O) groups excluding carboxylic acids is 4. The van der Waals surface area contributed by atoms with Crippen LogP contribution in [0.2, 0.25) is 0 Å². The number of benzene rings is 2. The molecule has 0 aliphatic carbocycles. The Hall–Kier alpha value is -3.42. The van der Waals surface area contributed by atoms with E-state index in [9.17, 15) is 19.2 Å². The normalized spacial score (nSPS) is 10.9. The lowest BCUT2D eigenvalue weighted by Gasteiger charge is -2.28. The molecule has 4 amide bonds. The van der Waals surface area contributed by atoms with Gasteiger partial charge in [0.05, 0.1) is 0 Å². The molecule has 0 bridgehead atoms. The largest absolute Gasteiger partial charge is 0.402 e. The average Bonchev–Trinajstić information content (AvgIpc) is 2.93. The van der Waals surface area contributed by atoms with Crippen LogP contribution in [0.25, 0.3) is 0 Å². The van der Waals surface area contributed by atoms with Gasteiger partial charge in [-0.1, -0.05) is 13.8 Å². The second kappa shape index (κ2) is 13.7. The van der Waals surface area contributed by atoms with E-state index in [1.54, 1.807) is 38.4 Å². The number of nitrogens with zero attached hydrogens (tertiary/aromatic N) is 3. The molecule has 0 saturated carbocycles. The fourth-order valence-corrected chi connectivity index (χ4v) is 5.76. The van der Waals surface area contributed by atoms with Crippen molar-refractivity contribution in [2.75, 3.05) is 19.6 Å². The summed E-state index contributed by atoms with van der Waals surface area (Å²) in [6.45, 7) is 20.6. The predicted molar refractivity (Wildman–Crippen MR) is 180 cm³/mol. The number of nitrogens with one attached hydrogen (secondary N) is 1. The molecule has 0 heterocycles. The Kier molecular flexibility index (Phi) is 11.3. The zero-order chi connectivity index (χ0) is 32.4. The first-order valence-corrected chi connectivity index (χ1v) is 14.6. The molecule has 0 atom stereocenters. The lowest BCUT2D eigenvalue weighted by Crippen LogP contribution is -2.40. The second-order valence-electron chi connectivity index (χ2n) is 12.1. The zero-order valence-corrected chi connectivity index (χ0v) is 28.2. The highest BCUT2D eigenvalue weighted by Gasteiger charge is 2.27. The molecule has 2 aromatic rings. The lowest BCUT2D eigenvalue weighted by atomic mass is 9.86. The summed E-state index contributed by atoms with van der Waals surface area (Å²) < 4.78 is 0. The molecule has 0 saturated heterocycles. The number of hydrogen-bond donors (Lipinski definition) is 1. The van der Waals surface area contributed by atoms with Crippen LogP contribution in [0.1, 0.15) is 99.8 Å². The van der Waals surface area contributed by atoms with Crippen LogP contribution in [-0.4, -0.2) is 89.6 Å². The van der Waals surface area contributed by atoms with Gasteiger partial charge in [0.15, 0.2) is 0 Å². The summed E-state index contributed by atoms with van der Waals surface area (Å²) in [5.74, 6) is -0.130. The van der Waals surface area contributed by atoms with Crippen LogP contribution in [0.15, 0.2) is 0 Å². The maximum absolute atomic E-state index is 13.7. The summed E-state index contributed by atoms with van der Waals surface area (Å²) in [6, 6.07) is 0. The van der Waals surface area contributed by atoms with Crippen molar-refractivity contribution in [2.45, 2.75) is 69.2 Å². The first-order valence-electron chi connectivity index (χ1n) is 14.6. The van der Waals surface area contributed by atoms with E-state index in [0.29, 0.717) is 47.8 Å². The van der Waals surface area contributed by atoms with E-state index in [2.05, 4.69) is 19.1 Å². The second-order valence-corrected chi connectivity index (χ2v) is 12.1. The van der Waals surface area contributed by atoms with Crippen LogP contribution in [-0.2, 0) is 0 Å². The monoisotopic (exact) mass is 570 g/mol. The molecular weight excluding hydrogens is 524 g/mol. The molecule has 0 aliphatic heterocycles. The molecule has 42 heavy (non-hydrogen) atoms. The fourth-order valence-electron chi connectivity index (χ4n) is 5.76. The van der Waals surface area contributed by atoms with Gasteiger partial charge in [-0.2, -0.15) is 0 Å². The summed E-state index contributed by atoms with van der Waals surface area (Å²) in [5.41, 5.74) is 8.84. The Balaban J connectivity index is 2.32. The van der Waals surface area contributed by atoms with Gasteiger partial charge in [-0.25, -0.2) is 0 Å². The van der Waals surface area contributed by atoms with Crippen molar-refractivity contribution in [1.29, 1.82) is 0 Å². The minimum Gasteiger partial charge on any atom is -0.402 e. The van der Waals surface area contributed by atoms with Gasteiger partial charge in [-0.15, -0.1) is 0 Å². The number of hydrogen-bond acceptors (Lipinski definition) is 4. The Bertz CT molecular complexity index is 1380. The first-order chi connectivity index (χ1) is 19.4. The van der Waals surface area contributed by atoms with Gasteiger partial charge in [0.2, 0.25) is 55.6 Å². The average molecular weight is 570 g/mol. The summed E-state index contributed by atoms with van der Waals surface area (Å²) in [4.78, 5) is 58.1. The standard InChI is InChI=1S/C30H46B4N4O4/c1-14(2)13-38(34)30(42)26-21(9)19(7)25(20(8)22(26)10)29(41)37(33)12-11-36(32)28(40)24-17(5)15(3)23(27(39)35-31)16(4)18(24)6/h14H,11-13,31-34H2,1-10H3,(H,35,39). The molecule has 12 heteroatoms. The van der Waals surface area contributed by atoms with Gasteiger partial charge < -0.3 is 19.7 Å². The molecule has 222 valence electrons. The van der Waals surface area contributed by atoms with Crippen molar-refractivity contribution in [2.24, 2.45) is 5.92 Å². The van der Waals surface area contributed by atoms with Crippen molar-refractivity contribution in [1.82, 2.24) is 19.7 Å². The molecule has 2 aromatic carbocycles. The van der Waals surface area contributed by atoms with E-state index in [4.69, 9.17) is 0 Å². The Labute approximate surface area is 255 Å². The predicted octanol–water partition coefficient (Wildman–Crippen LogP) is 0.759. The molecule has 0 radical (unpaired) electrons.